The van der Waals surface area contributed by atoms with Crippen LogP contribution in [-0.2, 0) is 17.5 Å². The molecule has 1 aromatic heterocycles. The van der Waals surface area contributed by atoms with Gasteiger partial charge in [-0.2, -0.15) is 13.2 Å². The van der Waals surface area contributed by atoms with Crippen molar-refractivity contribution in [1.29, 1.82) is 0 Å². The van der Waals surface area contributed by atoms with Gasteiger partial charge in [0.25, 0.3) is 5.91 Å². The van der Waals surface area contributed by atoms with Gasteiger partial charge in [-0.25, -0.2) is 4.98 Å². The number of likely N-dealkylation sites (tertiary alicyclic amines) is 1. The molecule has 184 valence electrons. The third kappa shape index (κ3) is 6.28. The minimum atomic E-state index is -4.61. The van der Waals surface area contributed by atoms with Crippen molar-refractivity contribution in [3.63, 3.8) is 0 Å². The number of carbonyl (C=O) groups is 2. The van der Waals surface area contributed by atoms with Crippen LogP contribution in [0.1, 0.15) is 27.9 Å². The van der Waals surface area contributed by atoms with Crippen LogP contribution < -0.4 is 25.8 Å². The number of aromatic nitrogens is 1. The third-order valence-electron chi connectivity index (χ3n) is 5.41. The van der Waals surface area contributed by atoms with Gasteiger partial charge in [0.15, 0.2) is 0 Å². The van der Waals surface area contributed by atoms with Gasteiger partial charge in [-0.05, 0) is 24.6 Å². The van der Waals surface area contributed by atoms with E-state index in [0.29, 0.717) is 37.2 Å². The Kier molecular flexibility index (Phi) is 7.82. The van der Waals surface area contributed by atoms with Crippen molar-refractivity contribution in [2.45, 2.75) is 25.2 Å². The molecule has 1 fully saturated rings. The molecule has 2 aromatic rings. The maximum Gasteiger partial charge on any atom is 0.416 e. The van der Waals surface area contributed by atoms with E-state index < -0.39 is 23.6 Å². The zero-order chi connectivity index (χ0) is 24.9. The van der Waals surface area contributed by atoms with Crippen LogP contribution in [0.4, 0.5) is 18.9 Å². The van der Waals surface area contributed by atoms with Crippen LogP contribution in [0, 0.1) is 0 Å². The van der Waals surface area contributed by atoms with Crippen LogP contribution in [0.3, 0.4) is 0 Å². The van der Waals surface area contributed by atoms with Gasteiger partial charge in [0.1, 0.15) is 5.75 Å². The molecule has 34 heavy (non-hydrogen) atoms. The Balaban J connectivity index is 1.50. The van der Waals surface area contributed by atoms with E-state index in [1.165, 1.54) is 7.11 Å². The number of ether oxygens (including phenoxy) is 2. The third-order valence-corrected chi connectivity index (χ3v) is 5.41. The average molecular weight is 481 g/mol. The lowest BCUT2D eigenvalue weighted by Crippen LogP contribution is -2.43. The van der Waals surface area contributed by atoms with Crippen LogP contribution in [-0.4, -0.2) is 61.6 Å². The molecule has 1 aromatic carbocycles. The van der Waals surface area contributed by atoms with Crippen LogP contribution in [0.2, 0.25) is 0 Å². The first-order chi connectivity index (χ1) is 16.1. The molecule has 2 amide bonds. The largest absolute Gasteiger partial charge is 0.496 e. The summed E-state index contributed by atoms with van der Waals surface area (Å²) in [4.78, 5) is 30.9. The predicted octanol–water partition coefficient (Wildman–Crippen LogP) is 1.82. The summed E-state index contributed by atoms with van der Waals surface area (Å²) < 4.78 is 49.2. The van der Waals surface area contributed by atoms with Crippen LogP contribution in [0.5, 0.6) is 11.6 Å². The van der Waals surface area contributed by atoms with Crippen molar-refractivity contribution in [2.75, 3.05) is 39.6 Å². The summed E-state index contributed by atoms with van der Waals surface area (Å²) >= 11 is 0. The second-order valence-electron chi connectivity index (χ2n) is 7.81. The molecule has 0 saturated carbocycles. The van der Waals surface area contributed by atoms with Crippen LogP contribution >= 0.6 is 0 Å². The molecule has 1 aliphatic rings. The number of alkyl halides is 3. The number of amides is 2. The first kappa shape index (κ1) is 25.1. The number of rotatable bonds is 8. The number of nitrogens with one attached hydrogen (secondary N) is 2. The minimum absolute atomic E-state index is 0.110. The van der Waals surface area contributed by atoms with E-state index in [1.807, 2.05) is 0 Å². The quantitative estimate of drug-likeness (QED) is 0.492. The lowest BCUT2D eigenvalue weighted by molar-refractivity contribution is -0.137. The summed E-state index contributed by atoms with van der Waals surface area (Å²) in [5.41, 5.74) is 5.07. The van der Waals surface area contributed by atoms with Crippen molar-refractivity contribution in [1.82, 2.24) is 20.5 Å². The molecule has 3 rings (SSSR count). The smallest absolute Gasteiger partial charge is 0.416 e. The fourth-order valence-corrected chi connectivity index (χ4v) is 3.67. The SMILES string of the molecule is COc1cc(OC)c(CN2CC[C@@H](NC(=O)CNC(=O)c3cc(C(F)(F)F)ccc3N)C2)cn1. The molecular formula is C22H26F3N5O4. The summed E-state index contributed by atoms with van der Waals surface area (Å²) in [5, 5.41) is 5.15. The monoisotopic (exact) mass is 481 g/mol. The Morgan fingerprint density at radius 3 is 2.68 bits per heavy atom. The second kappa shape index (κ2) is 10.6. The fraction of sp³-hybridized carbons (Fsp3) is 0.409. The number of hydrogen-bond acceptors (Lipinski definition) is 7. The van der Waals surface area contributed by atoms with Crippen LogP contribution in [0.25, 0.3) is 0 Å². The normalized spacial score (nSPS) is 16.2. The van der Waals surface area contributed by atoms with Gasteiger partial charge in [0, 0.05) is 49.2 Å². The van der Waals surface area contributed by atoms with E-state index in [1.54, 1.807) is 19.4 Å². The minimum Gasteiger partial charge on any atom is -0.496 e. The summed E-state index contributed by atoms with van der Waals surface area (Å²) in [6.07, 6.45) is -2.23. The molecule has 0 radical (unpaired) electrons. The van der Waals surface area contributed by atoms with Gasteiger partial charge >= 0.3 is 6.18 Å². The lowest BCUT2D eigenvalue weighted by atomic mass is 10.1. The molecule has 0 aliphatic carbocycles. The van der Waals surface area contributed by atoms with E-state index >= 15 is 0 Å². The van der Waals surface area contributed by atoms with Gasteiger partial charge in [-0.15, -0.1) is 0 Å². The standard InChI is InChI=1S/C22H26F3N5O4/c1-33-18-8-20(34-2)27-9-13(18)11-30-6-5-15(12-30)29-19(31)10-28-21(32)16-7-14(22(23,24)25)3-4-17(16)26/h3-4,7-9,15H,5-6,10-12,26H2,1-2H3,(H,28,32)(H,29,31)/t15-/m1/s1. The number of halogens is 3. The number of nitrogen functional groups attached to an aromatic ring is 1. The number of nitrogens with zero attached hydrogens (tertiary/aromatic N) is 2. The Labute approximate surface area is 194 Å². The van der Waals surface area contributed by atoms with E-state index in [0.717, 1.165) is 24.2 Å². The maximum atomic E-state index is 12.9. The van der Waals surface area contributed by atoms with Crippen molar-refractivity contribution >= 4 is 17.5 Å². The van der Waals surface area contributed by atoms with Gasteiger partial charge in [0.05, 0.1) is 31.9 Å². The number of hydrogen-bond donors (Lipinski definition) is 3. The highest BCUT2D eigenvalue weighted by atomic mass is 19.4. The fourth-order valence-electron chi connectivity index (χ4n) is 3.67. The van der Waals surface area contributed by atoms with E-state index in [-0.39, 0.29) is 23.8 Å². The highest BCUT2D eigenvalue weighted by Gasteiger charge is 2.31. The highest BCUT2D eigenvalue weighted by Crippen LogP contribution is 2.31. The molecule has 1 atom stereocenters. The summed E-state index contributed by atoms with van der Waals surface area (Å²) in [5.74, 6) is -0.211. The van der Waals surface area contributed by atoms with E-state index in [9.17, 15) is 22.8 Å². The molecule has 0 spiro atoms. The number of benzene rings is 1. The van der Waals surface area contributed by atoms with Crippen LogP contribution in [0.15, 0.2) is 30.5 Å². The predicted molar refractivity (Wildman–Crippen MR) is 117 cm³/mol. The van der Waals surface area contributed by atoms with Gasteiger partial charge < -0.3 is 25.8 Å². The number of anilines is 1. The molecule has 1 saturated heterocycles. The average Bonchev–Trinajstić information content (AvgIpc) is 3.23. The van der Waals surface area contributed by atoms with Gasteiger partial charge in [-0.1, -0.05) is 0 Å². The number of nitrogens with two attached hydrogens (primary N) is 1. The van der Waals surface area contributed by atoms with Crippen molar-refractivity contribution in [3.05, 3.63) is 47.2 Å². The molecule has 12 heteroatoms. The molecule has 0 bridgehead atoms. The Morgan fingerprint density at radius 2 is 2.00 bits per heavy atom. The molecule has 4 N–H and O–H groups in total. The number of pyridine rings is 1. The van der Waals surface area contributed by atoms with Gasteiger partial charge in [0.2, 0.25) is 11.8 Å². The van der Waals surface area contributed by atoms with Crippen molar-refractivity contribution in [3.8, 4) is 11.6 Å². The van der Waals surface area contributed by atoms with Gasteiger partial charge in [-0.3, -0.25) is 14.5 Å². The molecule has 9 nitrogen and oxygen atoms in total. The summed E-state index contributed by atoms with van der Waals surface area (Å²) in [6, 6.07) is 4.03. The summed E-state index contributed by atoms with van der Waals surface area (Å²) in [6.45, 7) is 1.49. The molecule has 0 unspecified atom stereocenters. The summed E-state index contributed by atoms with van der Waals surface area (Å²) in [7, 11) is 3.08. The van der Waals surface area contributed by atoms with E-state index in [4.69, 9.17) is 15.2 Å². The zero-order valence-corrected chi connectivity index (χ0v) is 18.7. The highest BCUT2D eigenvalue weighted by molar-refractivity contribution is 6.00. The zero-order valence-electron chi connectivity index (χ0n) is 18.7. The molecule has 2 heterocycles. The Morgan fingerprint density at radius 1 is 1.24 bits per heavy atom. The van der Waals surface area contributed by atoms with E-state index in [2.05, 4.69) is 20.5 Å². The number of methoxy groups -OCH3 is 2. The van der Waals surface area contributed by atoms with Crippen molar-refractivity contribution in [2.24, 2.45) is 0 Å². The number of carbonyl (C=O) groups excluding carboxylic acids is 2. The lowest BCUT2D eigenvalue weighted by Gasteiger charge is -2.18. The topological polar surface area (TPSA) is 119 Å². The second-order valence-corrected chi connectivity index (χ2v) is 7.81. The molecular weight excluding hydrogens is 455 g/mol. The Bertz CT molecular complexity index is 1050. The molecule has 1 aliphatic heterocycles. The first-order valence-electron chi connectivity index (χ1n) is 10.4. The maximum absolute atomic E-state index is 12.9. The first-order valence-corrected chi connectivity index (χ1v) is 10.4. The Hall–Kier alpha value is -3.54. The van der Waals surface area contributed by atoms with Crippen molar-refractivity contribution < 1.29 is 32.2 Å².